The Bertz CT molecular complexity index is 485. The van der Waals surface area contributed by atoms with Crippen LogP contribution in [-0.2, 0) is 23.6 Å². The van der Waals surface area contributed by atoms with Gasteiger partial charge in [-0.05, 0) is 5.41 Å². The van der Waals surface area contributed by atoms with E-state index in [1.807, 2.05) is 20.8 Å². The minimum absolute atomic E-state index is 0.0835. The van der Waals surface area contributed by atoms with E-state index < -0.39 is 10.0 Å². The predicted molar refractivity (Wildman–Crippen MR) is 67.7 cm³/mol. The molecule has 0 aromatic carbocycles. The molecule has 98 valence electrons. The Morgan fingerprint density at radius 1 is 1.47 bits per heavy atom. The number of hydrogen-bond acceptors (Lipinski definition) is 4. The Morgan fingerprint density at radius 3 is 2.47 bits per heavy atom. The van der Waals surface area contributed by atoms with Gasteiger partial charge in [0.2, 0.25) is 10.0 Å². The van der Waals surface area contributed by atoms with E-state index in [-0.39, 0.29) is 17.7 Å². The van der Waals surface area contributed by atoms with E-state index in [1.54, 1.807) is 13.2 Å². The number of aromatic nitrogens is 2. The molecule has 7 heteroatoms. The molecule has 0 spiro atoms. The second kappa shape index (κ2) is 4.66. The van der Waals surface area contributed by atoms with Crippen LogP contribution in [0.5, 0.6) is 0 Å². The van der Waals surface area contributed by atoms with Gasteiger partial charge in [0.15, 0.2) is 0 Å². The number of nitrogens with two attached hydrogens (primary N) is 1. The molecule has 0 saturated carbocycles. The summed E-state index contributed by atoms with van der Waals surface area (Å²) in [7, 11) is -1.58. The third kappa shape index (κ3) is 4.35. The molecule has 0 aliphatic heterocycles. The highest BCUT2D eigenvalue weighted by Gasteiger charge is 2.21. The number of nitrogens with zero attached hydrogens (tertiary/aromatic N) is 2. The van der Waals surface area contributed by atoms with Gasteiger partial charge in [0.25, 0.3) is 0 Å². The summed E-state index contributed by atoms with van der Waals surface area (Å²) in [5.74, 6) is 0.559. The number of hydrogen-bond donors (Lipinski definition) is 2. The molecule has 0 atom stereocenters. The lowest BCUT2D eigenvalue weighted by atomic mass is 10.0. The SMILES string of the molecule is Cn1ncc(CNS(=O)(=O)CC(C)(C)C)c1N. The average molecular weight is 260 g/mol. The zero-order chi connectivity index (χ0) is 13.3. The fourth-order valence-corrected chi connectivity index (χ4v) is 3.06. The normalized spacial score (nSPS) is 12.9. The fraction of sp³-hybridized carbons (Fsp3) is 0.700. The molecule has 1 rings (SSSR count). The molecule has 17 heavy (non-hydrogen) atoms. The number of anilines is 1. The Kier molecular flexibility index (Phi) is 3.83. The van der Waals surface area contributed by atoms with Crippen LogP contribution < -0.4 is 10.5 Å². The minimum atomic E-state index is -3.29. The molecular formula is C10H20N4O2S. The van der Waals surface area contributed by atoms with Crippen molar-refractivity contribution in [1.82, 2.24) is 14.5 Å². The van der Waals surface area contributed by atoms with Crippen molar-refractivity contribution in [2.75, 3.05) is 11.5 Å². The third-order valence-electron chi connectivity index (χ3n) is 2.17. The van der Waals surface area contributed by atoms with Crippen molar-refractivity contribution in [3.8, 4) is 0 Å². The maximum atomic E-state index is 11.8. The second-order valence-electron chi connectivity index (χ2n) is 5.32. The van der Waals surface area contributed by atoms with Crippen LogP contribution in [0.25, 0.3) is 0 Å². The van der Waals surface area contributed by atoms with E-state index >= 15 is 0 Å². The molecular weight excluding hydrogens is 240 g/mol. The maximum Gasteiger partial charge on any atom is 0.212 e. The molecule has 3 N–H and O–H groups in total. The van der Waals surface area contributed by atoms with Gasteiger partial charge in [-0.25, -0.2) is 13.1 Å². The van der Waals surface area contributed by atoms with Crippen LogP contribution >= 0.6 is 0 Å². The number of nitrogen functional groups attached to an aromatic ring is 1. The molecule has 0 radical (unpaired) electrons. The van der Waals surface area contributed by atoms with Gasteiger partial charge in [-0.1, -0.05) is 20.8 Å². The van der Waals surface area contributed by atoms with Crippen molar-refractivity contribution in [2.24, 2.45) is 12.5 Å². The van der Waals surface area contributed by atoms with Gasteiger partial charge in [-0.2, -0.15) is 5.10 Å². The van der Waals surface area contributed by atoms with Gasteiger partial charge < -0.3 is 5.73 Å². The molecule has 1 heterocycles. The van der Waals surface area contributed by atoms with Crippen molar-refractivity contribution in [3.63, 3.8) is 0 Å². The van der Waals surface area contributed by atoms with Crippen molar-refractivity contribution in [2.45, 2.75) is 27.3 Å². The van der Waals surface area contributed by atoms with Gasteiger partial charge in [-0.15, -0.1) is 0 Å². The van der Waals surface area contributed by atoms with Crippen LogP contribution in [0.1, 0.15) is 26.3 Å². The summed E-state index contributed by atoms with van der Waals surface area (Å²) in [6.45, 7) is 5.82. The summed E-state index contributed by atoms with van der Waals surface area (Å²) in [6.07, 6.45) is 1.56. The standard InChI is InChI=1S/C10H20N4O2S/c1-10(2,3)7-17(15,16)13-6-8-5-12-14(4)9(8)11/h5,13H,6-7,11H2,1-4H3. The molecule has 1 aromatic heterocycles. The van der Waals surface area contributed by atoms with E-state index in [0.717, 1.165) is 0 Å². The molecule has 0 bridgehead atoms. The first-order chi connectivity index (χ1) is 7.61. The number of rotatable bonds is 4. The quantitative estimate of drug-likeness (QED) is 0.823. The molecule has 6 nitrogen and oxygen atoms in total. The minimum Gasteiger partial charge on any atom is -0.384 e. The van der Waals surface area contributed by atoms with Crippen molar-refractivity contribution >= 4 is 15.8 Å². The highest BCUT2D eigenvalue weighted by atomic mass is 32.2. The fourth-order valence-electron chi connectivity index (χ4n) is 1.44. The molecule has 0 amide bonds. The number of nitrogens with one attached hydrogen (secondary N) is 1. The predicted octanol–water partition coefficient (Wildman–Crippen LogP) is 0.468. The van der Waals surface area contributed by atoms with Gasteiger partial charge in [0.05, 0.1) is 11.9 Å². The van der Waals surface area contributed by atoms with E-state index in [9.17, 15) is 8.42 Å². The van der Waals surface area contributed by atoms with Crippen LogP contribution in [0, 0.1) is 5.41 Å². The van der Waals surface area contributed by atoms with Gasteiger partial charge in [0, 0.05) is 19.2 Å². The third-order valence-corrected chi connectivity index (χ3v) is 4.00. The smallest absolute Gasteiger partial charge is 0.212 e. The Hall–Kier alpha value is -1.08. The van der Waals surface area contributed by atoms with Gasteiger partial charge in [0.1, 0.15) is 5.82 Å². The lowest BCUT2D eigenvalue weighted by Crippen LogP contribution is -2.32. The summed E-state index contributed by atoms with van der Waals surface area (Å²) >= 11 is 0. The highest BCUT2D eigenvalue weighted by Crippen LogP contribution is 2.16. The second-order valence-corrected chi connectivity index (χ2v) is 7.13. The first kappa shape index (κ1) is 14.0. The van der Waals surface area contributed by atoms with Crippen molar-refractivity contribution in [3.05, 3.63) is 11.8 Å². The number of sulfonamides is 1. The highest BCUT2D eigenvalue weighted by molar-refractivity contribution is 7.89. The zero-order valence-electron chi connectivity index (χ0n) is 10.7. The number of aryl methyl sites for hydroxylation is 1. The first-order valence-electron chi connectivity index (χ1n) is 5.34. The van der Waals surface area contributed by atoms with Crippen molar-refractivity contribution in [1.29, 1.82) is 0 Å². The summed E-state index contributed by atoms with van der Waals surface area (Å²) in [5, 5.41) is 3.95. The molecule has 0 aliphatic rings. The van der Waals surface area contributed by atoms with Crippen LogP contribution in [0.15, 0.2) is 6.20 Å². The summed E-state index contributed by atoms with van der Waals surface area (Å²) in [4.78, 5) is 0. The molecule has 0 aliphatic carbocycles. The lowest BCUT2D eigenvalue weighted by molar-refractivity contribution is 0.458. The van der Waals surface area contributed by atoms with E-state index in [2.05, 4.69) is 9.82 Å². The monoisotopic (exact) mass is 260 g/mol. The van der Waals surface area contributed by atoms with Crippen LogP contribution in [0.2, 0.25) is 0 Å². The first-order valence-corrected chi connectivity index (χ1v) is 7.00. The summed E-state index contributed by atoms with van der Waals surface area (Å²) in [6, 6.07) is 0. The van der Waals surface area contributed by atoms with E-state index in [1.165, 1.54) is 4.68 Å². The summed E-state index contributed by atoms with van der Waals surface area (Å²) in [5.41, 5.74) is 6.14. The van der Waals surface area contributed by atoms with Crippen LogP contribution in [0.4, 0.5) is 5.82 Å². The average Bonchev–Trinajstić information content (AvgIpc) is 2.41. The topological polar surface area (TPSA) is 90.0 Å². The van der Waals surface area contributed by atoms with Crippen LogP contribution in [-0.4, -0.2) is 24.0 Å². The van der Waals surface area contributed by atoms with Gasteiger partial charge in [-0.3, -0.25) is 4.68 Å². The largest absolute Gasteiger partial charge is 0.384 e. The summed E-state index contributed by atoms with van der Waals surface area (Å²) < 4.78 is 27.5. The molecule has 0 saturated heterocycles. The van der Waals surface area contributed by atoms with Gasteiger partial charge >= 0.3 is 0 Å². The van der Waals surface area contributed by atoms with Crippen LogP contribution in [0.3, 0.4) is 0 Å². The maximum absolute atomic E-state index is 11.8. The Labute approximate surface area is 102 Å². The zero-order valence-corrected chi connectivity index (χ0v) is 11.5. The lowest BCUT2D eigenvalue weighted by Gasteiger charge is -2.18. The van der Waals surface area contributed by atoms with Crippen molar-refractivity contribution < 1.29 is 8.42 Å². The van der Waals surface area contributed by atoms with E-state index in [0.29, 0.717) is 11.4 Å². The molecule has 0 fully saturated rings. The molecule has 0 unspecified atom stereocenters. The molecule has 1 aromatic rings. The Balaban J connectivity index is 2.65. The van der Waals surface area contributed by atoms with E-state index in [4.69, 9.17) is 5.73 Å². The Morgan fingerprint density at radius 2 is 2.06 bits per heavy atom.